The Hall–Kier alpha value is -6.64. The van der Waals surface area contributed by atoms with Crippen LogP contribution in [-0.4, -0.2) is 0 Å². The third-order valence-corrected chi connectivity index (χ3v) is 9.52. The van der Waals surface area contributed by atoms with Gasteiger partial charge in [0.25, 0.3) is 0 Å². The Labute approximate surface area is 292 Å². The molecule has 0 bridgehead atoms. The minimum atomic E-state index is 0.862. The standard InChI is InChI=1S/C48H33NO/c1-3-18-34(19-4-1)36-22-7-8-24-38(36)39-25-9-10-26-40(39)41-27-12-15-30-44(41)49(43-29-14-11-23-37(43)35-20-5-2-6-21-35)45-31-17-33-47-48(45)42-28-13-16-32-46(42)50-47/h1-33H. The molecule has 0 amide bonds. The maximum absolute atomic E-state index is 6.45. The van der Waals surface area contributed by atoms with Crippen molar-refractivity contribution in [2.75, 3.05) is 4.90 Å². The molecule has 0 saturated carbocycles. The quantitative estimate of drug-likeness (QED) is 0.173. The SMILES string of the molecule is c1ccc(-c2ccccc2-c2ccccc2-c2ccccc2N(c2ccccc2-c2ccccc2)c2cccc3oc4ccccc4c23)cc1. The van der Waals surface area contributed by atoms with Crippen molar-refractivity contribution in [2.45, 2.75) is 0 Å². The maximum atomic E-state index is 6.45. The Bertz CT molecular complexity index is 2600. The molecule has 2 nitrogen and oxygen atoms in total. The highest BCUT2D eigenvalue weighted by molar-refractivity contribution is 6.14. The topological polar surface area (TPSA) is 16.4 Å². The van der Waals surface area contributed by atoms with E-state index >= 15 is 0 Å². The first-order valence-corrected chi connectivity index (χ1v) is 17.0. The molecular weight excluding hydrogens is 607 g/mol. The second-order valence-electron chi connectivity index (χ2n) is 12.4. The lowest BCUT2D eigenvalue weighted by Crippen LogP contribution is -2.13. The normalized spacial score (nSPS) is 11.2. The zero-order valence-electron chi connectivity index (χ0n) is 27.4. The van der Waals surface area contributed by atoms with Crippen LogP contribution in [0.15, 0.2) is 205 Å². The van der Waals surface area contributed by atoms with Crippen LogP contribution in [0.3, 0.4) is 0 Å². The highest BCUT2D eigenvalue weighted by Gasteiger charge is 2.25. The second-order valence-corrected chi connectivity index (χ2v) is 12.4. The number of furan rings is 1. The molecule has 0 aliphatic heterocycles. The van der Waals surface area contributed by atoms with E-state index in [0.29, 0.717) is 0 Å². The monoisotopic (exact) mass is 639 g/mol. The van der Waals surface area contributed by atoms with E-state index < -0.39 is 0 Å². The summed E-state index contributed by atoms with van der Waals surface area (Å²) in [6.07, 6.45) is 0. The summed E-state index contributed by atoms with van der Waals surface area (Å²) < 4.78 is 6.45. The molecule has 0 fully saturated rings. The van der Waals surface area contributed by atoms with Gasteiger partial charge in [-0.25, -0.2) is 0 Å². The van der Waals surface area contributed by atoms with Gasteiger partial charge in [-0.2, -0.15) is 0 Å². The van der Waals surface area contributed by atoms with E-state index in [1.165, 1.54) is 22.3 Å². The molecule has 50 heavy (non-hydrogen) atoms. The van der Waals surface area contributed by atoms with E-state index in [-0.39, 0.29) is 0 Å². The number of benzene rings is 8. The highest BCUT2D eigenvalue weighted by Crippen LogP contribution is 2.49. The van der Waals surface area contributed by atoms with Gasteiger partial charge in [-0.15, -0.1) is 0 Å². The Morgan fingerprint density at radius 1 is 0.280 bits per heavy atom. The van der Waals surface area contributed by atoms with Gasteiger partial charge >= 0.3 is 0 Å². The average molecular weight is 640 g/mol. The molecule has 1 heterocycles. The lowest BCUT2D eigenvalue weighted by Gasteiger charge is -2.31. The molecule has 0 N–H and O–H groups in total. The summed E-state index contributed by atoms with van der Waals surface area (Å²) in [6, 6.07) is 71.1. The molecule has 0 atom stereocenters. The van der Waals surface area contributed by atoms with Gasteiger partial charge < -0.3 is 9.32 Å². The molecule has 0 saturated heterocycles. The van der Waals surface area contributed by atoms with Crippen molar-refractivity contribution < 1.29 is 4.42 Å². The third kappa shape index (κ3) is 5.15. The van der Waals surface area contributed by atoms with Gasteiger partial charge in [-0.05, 0) is 63.7 Å². The molecule has 2 heteroatoms. The lowest BCUT2D eigenvalue weighted by molar-refractivity contribution is 0.669. The molecule has 8 aromatic carbocycles. The number of hydrogen-bond donors (Lipinski definition) is 0. The first-order chi connectivity index (χ1) is 24.8. The van der Waals surface area contributed by atoms with Crippen LogP contribution in [0.2, 0.25) is 0 Å². The van der Waals surface area contributed by atoms with E-state index in [2.05, 4.69) is 199 Å². The Kier molecular flexibility index (Phi) is 7.53. The van der Waals surface area contributed by atoms with E-state index in [1.807, 2.05) is 6.07 Å². The summed E-state index contributed by atoms with van der Waals surface area (Å²) in [5, 5.41) is 2.18. The molecular formula is C48H33NO. The van der Waals surface area contributed by atoms with E-state index in [9.17, 15) is 0 Å². The summed E-state index contributed by atoms with van der Waals surface area (Å²) in [6.45, 7) is 0. The smallest absolute Gasteiger partial charge is 0.137 e. The minimum absolute atomic E-state index is 0.862. The first kappa shape index (κ1) is 29.5. The van der Waals surface area contributed by atoms with E-state index in [0.717, 1.165) is 61.3 Å². The zero-order valence-corrected chi connectivity index (χ0v) is 27.4. The van der Waals surface area contributed by atoms with Gasteiger partial charge in [-0.1, -0.05) is 170 Å². The zero-order chi connectivity index (χ0) is 33.3. The molecule has 0 radical (unpaired) electrons. The van der Waals surface area contributed by atoms with Crippen molar-refractivity contribution in [1.82, 2.24) is 0 Å². The van der Waals surface area contributed by atoms with Gasteiger partial charge in [0.1, 0.15) is 11.2 Å². The highest BCUT2D eigenvalue weighted by atomic mass is 16.3. The minimum Gasteiger partial charge on any atom is -0.456 e. The van der Waals surface area contributed by atoms with Gasteiger partial charge in [0.15, 0.2) is 0 Å². The average Bonchev–Trinajstić information content (AvgIpc) is 3.59. The van der Waals surface area contributed by atoms with Crippen molar-refractivity contribution in [2.24, 2.45) is 0 Å². The van der Waals surface area contributed by atoms with Crippen molar-refractivity contribution >= 4 is 39.0 Å². The molecule has 1 aromatic heterocycles. The molecule has 9 rings (SSSR count). The predicted octanol–water partition coefficient (Wildman–Crippen LogP) is 13.7. The summed E-state index contributed by atoms with van der Waals surface area (Å²) in [5.41, 5.74) is 14.4. The number of nitrogens with zero attached hydrogens (tertiary/aromatic N) is 1. The van der Waals surface area contributed by atoms with Crippen LogP contribution in [0.1, 0.15) is 0 Å². The van der Waals surface area contributed by atoms with Gasteiger partial charge in [0.05, 0.1) is 22.4 Å². The summed E-state index contributed by atoms with van der Waals surface area (Å²) in [7, 11) is 0. The Morgan fingerprint density at radius 3 is 1.38 bits per heavy atom. The first-order valence-electron chi connectivity index (χ1n) is 17.0. The van der Waals surface area contributed by atoms with Crippen LogP contribution in [0.25, 0.3) is 66.4 Å². The third-order valence-electron chi connectivity index (χ3n) is 9.52. The van der Waals surface area contributed by atoms with Crippen LogP contribution in [-0.2, 0) is 0 Å². The summed E-state index contributed by atoms with van der Waals surface area (Å²) in [5.74, 6) is 0. The maximum Gasteiger partial charge on any atom is 0.137 e. The molecule has 0 spiro atoms. The van der Waals surface area contributed by atoms with Crippen molar-refractivity contribution in [3.05, 3.63) is 200 Å². The van der Waals surface area contributed by atoms with Crippen LogP contribution >= 0.6 is 0 Å². The molecule has 236 valence electrons. The number of anilines is 3. The molecule has 0 unspecified atom stereocenters. The fraction of sp³-hybridized carbons (Fsp3) is 0. The van der Waals surface area contributed by atoms with Crippen LogP contribution in [0.5, 0.6) is 0 Å². The van der Waals surface area contributed by atoms with Gasteiger partial charge in [0.2, 0.25) is 0 Å². The second kappa shape index (κ2) is 12.8. The Balaban J connectivity index is 1.34. The molecule has 0 aliphatic rings. The number of fused-ring (bicyclic) bond motifs is 3. The van der Waals surface area contributed by atoms with Crippen LogP contribution < -0.4 is 4.90 Å². The largest absolute Gasteiger partial charge is 0.456 e. The fourth-order valence-electron chi connectivity index (χ4n) is 7.30. The fourth-order valence-corrected chi connectivity index (χ4v) is 7.30. The van der Waals surface area contributed by atoms with E-state index in [1.54, 1.807) is 0 Å². The van der Waals surface area contributed by atoms with Crippen molar-refractivity contribution in [3.63, 3.8) is 0 Å². The van der Waals surface area contributed by atoms with Crippen molar-refractivity contribution in [1.29, 1.82) is 0 Å². The summed E-state index contributed by atoms with van der Waals surface area (Å²) >= 11 is 0. The molecule has 0 aliphatic carbocycles. The lowest BCUT2D eigenvalue weighted by atomic mass is 9.88. The number of para-hydroxylation sites is 3. The van der Waals surface area contributed by atoms with Crippen molar-refractivity contribution in [3.8, 4) is 44.5 Å². The number of hydrogen-bond acceptors (Lipinski definition) is 2. The summed E-state index contributed by atoms with van der Waals surface area (Å²) in [4.78, 5) is 2.43. The van der Waals surface area contributed by atoms with Crippen LogP contribution in [0.4, 0.5) is 17.1 Å². The Morgan fingerprint density at radius 2 is 0.700 bits per heavy atom. The number of rotatable bonds is 7. The molecule has 9 aromatic rings. The van der Waals surface area contributed by atoms with Crippen LogP contribution in [0, 0.1) is 0 Å². The predicted molar refractivity (Wildman–Crippen MR) is 210 cm³/mol. The van der Waals surface area contributed by atoms with Gasteiger partial charge in [0, 0.05) is 16.5 Å². The van der Waals surface area contributed by atoms with Gasteiger partial charge in [-0.3, -0.25) is 0 Å². The van der Waals surface area contributed by atoms with E-state index in [4.69, 9.17) is 4.42 Å².